The summed E-state index contributed by atoms with van der Waals surface area (Å²) in [6.07, 6.45) is -2.71. The number of halogens is 3. The van der Waals surface area contributed by atoms with Gasteiger partial charge < -0.3 is 5.32 Å². The van der Waals surface area contributed by atoms with Crippen molar-refractivity contribution >= 4 is 0 Å². The zero-order valence-corrected chi connectivity index (χ0v) is 7.69. The van der Waals surface area contributed by atoms with Gasteiger partial charge in [0.1, 0.15) is 0 Å². The second-order valence-electron chi connectivity index (χ2n) is 3.25. The van der Waals surface area contributed by atoms with Crippen molar-refractivity contribution in [2.24, 2.45) is 0 Å². The fourth-order valence-corrected chi connectivity index (χ4v) is 1.74. The van der Waals surface area contributed by atoms with Crippen LogP contribution in [0.3, 0.4) is 0 Å². The smallest absolute Gasteiger partial charge is 0.315 e. The van der Waals surface area contributed by atoms with Crippen molar-refractivity contribution in [3.63, 3.8) is 0 Å². The number of hydrogen-bond donors (Lipinski definition) is 1. The Hall–Kier alpha value is -0.290. The lowest BCUT2D eigenvalue weighted by atomic mass is 10.1. The summed E-state index contributed by atoms with van der Waals surface area (Å²) in [5.74, 6) is 0. The van der Waals surface area contributed by atoms with E-state index >= 15 is 0 Å². The van der Waals surface area contributed by atoms with E-state index in [-0.39, 0.29) is 12.6 Å². The maximum atomic E-state index is 12.4. The second-order valence-corrected chi connectivity index (χ2v) is 3.25. The Bertz CT molecular complexity index is 152. The zero-order chi connectivity index (χ0) is 9.90. The maximum Gasteiger partial charge on any atom is 0.460 e. The number of rotatable bonds is 2. The number of nitrogens with one attached hydrogen (secondary N) is 1. The molecule has 1 N–H and O–H groups in total. The Kier molecular flexibility index (Phi) is 3.55. The van der Waals surface area contributed by atoms with Crippen molar-refractivity contribution in [2.45, 2.75) is 32.1 Å². The third kappa shape index (κ3) is 2.84. The predicted octanol–water partition coefficient (Wildman–Crippen LogP) is 1.58. The largest absolute Gasteiger partial charge is 0.460 e. The van der Waals surface area contributed by atoms with Crippen LogP contribution in [0.1, 0.15) is 19.8 Å². The monoisotopic (exact) mass is 196 g/mol. The summed E-state index contributed by atoms with van der Waals surface area (Å²) < 4.78 is 37.2. The molecule has 0 aromatic carbocycles. The minimum atomic E-state index is -4.18. The molecule has 13 heavy (non-hydrogen) atoms. The highest BCUT2D eigenvalue weighted by atomic mass is 19.4. The number of piperidine rings is 1. The van der Waals surface area contributed by atoms with E-state index in [0.717, 1.165) is 13.0 Å². The van der Waals surface area contributed by atoms with Crippen LogP contribution >= 0.6 is 0 Å². The first-order valence-electron chi connectivity index (χ1n) is 4.60. The third-order valence-corrected chi connectivity index (χ3v) is 2.38. The molecule has 1 aliphatic rings. The average Bonchev–Trinajstić information content (AvgIpc) is 2.05. The van der Waals surface area contributed by atoms with Crippen molar-refractivity contribution in [1.29, 1.82) is 0 Å². The molecule has 78 valence electrons. The Morgan fingerprint density at radius 2 is 2.15 bits per heavy atom. The van der Waals surface area contributed by atoms with Gasteiger partial charge in [-0.1, -0.05) is 6.92 Å². The molecule has 1 unspecified atom stereocenters. The summed E-state index contributed by atoms with van der Waals surface area (Å²) in [7, 11) is 0. The van der Waals surface area contributed by atoms with Crippen molar-refractivity contribution < 1.29 is 13.2 Å². The fraction of sp³-hybridized carbons (Fsp3) is 1.00. The molecule has 0 aromatic rings. The van der Waals surface area contributed by atoms with Crippen LogP contribution in [0.25, 0.3) is 0 Å². The van der Waals surface area contributed by atoms with Crippen LogP contribution in [0, 0.1) is 0 Å². The molecule has 2 nitrogen and oxygen atoms in total. The van der Waals surface area contributed by atoms with E-state index in [4.69, 9.17) is 0 Å². The van der Waals surface area contributed by atoms with E-state index in [1.165, 1.54) is 0 Å². The molecule has 1 rings (SSSR count). The molecule has 1 atom stereocenters. The Morgan fingerprint density at radius 3 is 2.54 bits per heavy atom. The van der Waals surface area contributed by atoms with Gasteiger partial charge >= 0.3 is 6.30 Å². The first-order valence-corrected chi connectivity index (χ1v) is 4.60. The van der Waals surface area contributed by atoms with Crippen LogP contribution < -0.4 is 5.32 Å². The zero-order valence-electron chi connectivity index (χ0n) is 7.69. The highest BCUT2D eigenvalue weighted by Crippen LogP contribution is 2.25. The molecule has 0 amide bonds. The molecule has 0 aliphatic carbocycles. The molecule has 1 saturated heterocycles. The van der Waals surface area contributed by atoms with Gasteiger partial charge in [-0.2, -0.15) is 13.2 Å². The van der Waals surface area contributed by atoms with Crippen LogP contribution in [0.5, 0.6) is 0 Å². The third-order valence-electron chi connectivity index (χ3n) is 2.38. The van der Waals surface area contributed by atoms with Crippen LogP contribution in [0.2, 0.25) is 0 Å². The van der Waals surface area contributed by atoms with E-state index in [0.29, 0.717) is 17.9 Å². The molecule has 0 spiro atoms. The van der Waals surface area contributed by atoms with Crippen molar-refractivity contribution in [2.75, 3.05) is 19.6 Å². The van der Waals surface area contributed by atoms with Crippen LogP contribution in [-0.4, -0.2) is 36.9 Å². The highest BCUT2D eigenvalue weighted by Gasteiger charge is 2.40. The normalized spacial score (nSPS) is 25.2. The Labute approximate surface area is 76.1 Å². The van der Waals surface area contributed by atoms with Gasteiger partial charge in [-0.3, -0.25) is 0 Å². The Balaban J connectivity index is 2.54. The summed E-state index contributed by atoms with van der Waals surface area (Å²) in [6.45, 7) is 2.87. The highest BCUT2D eigenvalue weighted by molar-refractivity contribution is 4.78. The van der Waals surface area contributed by atoms with Gasteiger partial charge in [-0.25, -0.2) is 4.90 Å². The SMILES string of the molecule is CCN(C1CCCNC1)C(F)(F)F. The number of alkyl halides is 3. The second kappa shape index (κ2) is 4.28. The molecular formula is C8H15F3N2. The summed E-state index contributed by atoms with van der Waals surface area (Å²) >= 11 is 0. The van der Waals surface area contributed by atoms with E-state index in [2.05, 4.69) is 5.32 Å². The lowest BCUT2D eigenvalue weighted by molar-refractivity contribution is -0.258. The summed E-state index contributed by atoms with van der Waals surface area (Å²) in [5, 5.41) is 2.98. The maximum absolute atomic E-state index is 12.4. The molecule has 0 radical (unpaired) electrons. The van der Waals surface area contributed by atoms with Crippen molar-refractivity contribution in [1.82, 2.24) is 10.2 Å². The minimum Gasteiger partial charge on any atom is -0.315 e. The van der Waals surface area contributed by atoms with Crippen LogP contribution in [0.4, 0.5) is 13.2 Å². The molecule has 0 aromatic heterocycles. The molecule has 1 fully saturated rings. The van der Waals surface area contributed by atoms with Crippen LogP contribution in [0.15, 0.2) is 0 Å². The molecule has 0 saturated carbocycles. The van der Waals surface area contributed by atoms with Gasteiger partial charge in [0.2, 0.25) is 0 Å². The first-order chi connectivity index (χ1) is 6.05. The van der Waals surface area contributed by atoms with Gasteiger partial charge in [0.05, 0.1) is 0 Å². The van der Waals surface area contributed by atoms with E-state index in [9.17, 15) is 13.2 Å². The Morgan fingerprint density at radius 1 is 1.46 bits per heavy atom. The molecular weight excluding hydrogens is 181 g/mol. The van der Waals surface area contributed by atoms with Gasteiger partial charge in [0.25, 0.3) is 0 Å². The van der Waals surface area contributed by atoms with Gasteiger partial charge in [-0.15, -0.1) is 0 Å². The predicted molar refractivity (Wildman–Crippen MR) is 44.3 cm³/mol. The van der Waals surface area contributed by atoms with Crippen LogP contribution in [-0.2, 0) is 0 Å². The minimum absolute atomic E-state index is 0.0375. The van der Waals surface area contributed by atoms with E-state index in [1.54, 1.807) is 6.92 Å². The molecule has 1 aliphatic heterocycles. The average molecular weight is 196 g/mol. The van der Waals surface area contributed by atoms with Gasteiger partial charge in [-0.05, 0) is 19.4 Å². The van der Waals surface area contributed by atoms with Gasteiger partial charge in [0.15, 0.2) is 0 Å². The lowest BCUT2D eigenvalue weighted by Crippen LogP contribution is -2.51. The number of hydrogen-bond acceptors (Lipinski definition) is 2. The fourth-order valence-electron chi connectivity index (χ4n) is 1.74. The first kappa shape index (κ1) is 10.8. The number of likely N-dealkylation sites (N-methyl/N-ethyl adjacent to an activating group) is 1. The summed E-state index contributed by atoms with van der Waals surface area (Å²) in [6, 6.07) is -0.376. The number of nitrogens with zero attached hydrogens (tertiary/aromatic N) is 1. The standard InChI is InChI=1S/C8H15F3N2/c1-2-13(8(9,10)11)7-4-3-5-12-6-7/h7,12H,2-6H2,1H3. The van der Waals surface area contributed by atoms with Crippen molar-refractivity contribution in [3.05, 3.63) is 0 Å². The van der Waals surface area contributed by atoms with E-state index in [1.807, 2.05) is 0 Å². The summed E-state index contributed by atoms with van der Waals surface area (Å²) in [5.41, 5.74) is 0. The quantitative estimate of drug-likeness (QED) is 0.674. The van der Waals surface area contributed by atoms with Crippen molar-refractivity contribution in [3.8, 4) is 0 Å². The molecule has 1 heterocycles. The lowest BCUT2D eigenvalue weighted by Gasteiger charge is -2.34. The summed E-state index contributed by atoms with van der Waals surface area (Å²) in [4.78, 5) is 0.610. The molecule has 0 bridgehead atoms. The molecule has 5 heteroatoms. The topological polar surface area (TPSA) is 15.3 Å². The van der Waals surface area contributed by atoms with E-state index < -0.39 is 6.30 Å². The van der Waals surface area contributed by atoms with Gasteiger partial charge in [0, 0.05) is 19.1 Å².